The number of aliphatic hydroxyl groups is 1. The highest BCUT2D eigenvalue weighted by molar-refractivity contribution is 6.30. The lowest BCUT2D eigenvalue weighted by molar-refractivity contribution is 0.178. The molecule has 1 unspecified atom stereocenters. The molecule has 0 spiro atoms. The Morgan fingerprint density at radius 2 is 1.95 bits per heavy atom. The maximum atomic E-state index is 10.3. The summed E-state index contributed by atoms with van der Waals surface area (Å²) in [7, 11) is 0. The minimum atomic E-state index is -0.557. The predicted molar refractivity (Wildman–Crippen MR) is 77.7 cm³/mol. The summed E-state index contributed by atoms with van der Waals surface area (Å²) >= 11 is 5.94. The van der Waals surface area contributed by atoms with Gasteiger partial charge in [0.15, 0.2) is 0 Å². The number of hydrogen-bond acceptors (Lipinski definition) is 2. The van der Waals surface area contributed by atoms with E-state index in [0.717, 1.165) is 16.9 Å². The van der Waals surface area contributed by atoms with Crippen molar-refractivity contribution >= 4 is 11.6 Å². The third-order valence-electron chi connectivity index (χ3n) is 2.87. The molecule has 100 valence electrons. The van der Waals surface area contributed by atoms with Crippen molar-refractivity contribution in [2.75, 3.05) is 6.61 Å². The molecule has 2 aromatic carbocycles. The maximum absolute atomic E-state index is 10.3. The third kappa shape index (κ3) is 3.98. The van der Waals surface area contributed by atoms with Crippen LogP contribution < -0.4 is 4.74 Å². The van der Waals surface area contributed by atoms with Crippen molar-refractivity contribution in [1.82, 2.24) is 0 Å². The van der Waals surface area contributed by atoms with Gasteiger partial charge in [0.25, 0.3) is 0 Å². The van der Waals surface area contributed by atoms with E-state index in [4.69, 9.17) is 16.3 Å². The molecule has 0 saturated heterocycles. The summed E-state index contributed by atoms with van der Waals surface area (Å²) < 4.78 is 5.43. The molecule has 0 amide bonds. The number of halogens is 1. The summed E-state index contributed by atoms with van der Waals surface area (Å²) in [6.07, 6.45) is -0.0188. The lowest BCUT2D eigenvalue weighted by atomic mass is 10.0. The van der Waals surface area contributed by atoms with Gasteiger partial charge in [0.1, 0.15) is 5.75 Å². The standard InChI is InChI=1S/C16H17ClO2/c1-2-19-15-8-4-6-13(11-15)16(18)10-12-5-3-7-14(17)9-12/h3-9,11,16,18H,2,10H2,1H3. The Labute approximate surface area is 118 Å². The number of rotatable bonds is 5. The van der Waals surface area contributed by atoms with E-state index in [9.17, 15) is 5.11 Å². The summed E-state index contributed by atoms with van der Waals surface area (Å²) in [5, 5.41) is 10.9. The van der Waals surface area contributed by atoms with Gasteiger partial charge in [0, 0.05) is 11.4 Å². The molecule has 2 rings (SSSR count). The zero-order valence-corrected chi connectivity index (χ0v) is 11.6. The zero-order valence-electron chi connectivity index (χ0n) is 10.8. The van der Waals surface area contributed by atoms with Crippen molar-refractivity contribution in [3.05, 3.63) is 64.7 Å². The lowest BCUT2D eigenvalue weighted by Crippen LogP contribution is -2.02. The Balaban J connectivity index is 2.11. The fraction of sp³-hybridized carbons (Fsp3) is 0.250. The van der Waals surface area contributed by atoms with Crippen LogP contribution in [0.5, 0.6) is 5.75 Å². The van der Waals surface area contributed by atoms with Crippen LogP contribution in [0.4, 0.5) is 0 Å². The Bertz CT molecular complexity index is 540. The average molecular weight is 277 g/mol. The highest BCUT2D eigenvalue weighted by Gasteiger charge is 2.09. The van der Waals surface area contributed by atoms with E-state index in [2.05, 4.69) is 0 Å². The van der Waals surface area contributed by atoms with Crippen LogP contribution in [-0.4, -0.2) is 11.7 Å². The van der Waals surface area contributed by atoms with Crippen LogP contribution in [0.15, 0.2) is 48.5 Å². The van der Waals surface area contributed by atoms with E-state index >= 15 is 0 Å². The summed E-state index contributed by atoms with van der Waals surface area (Å²) in [4.78, 5) is 0. The molecule has 0 aromatic heterocycles. The molecule has 0 aliphatic carbocycles. The van der Waals surface area contributed by atoms with Crippen molar-refractivity contribution < 1.29 is 9.84 Å². The molecular weight excluding hydrogens is 260 g/mol. The Hall–Kier alpha value is -1.51. The molecule has 2 nitrogen and oxygen atoms in total. The van der Waals surface area contributed by atoms with Gasteiger partial charge in [0.05, 0.1) is 12.7 Å². The van der Waals surface area contributed by atoms with Gasteiger partial charge in [0.2, 0.25) is 0 Å². The van der Waals surface area contributed by atoms with E-state index in [0.29, 0.717) is 18.1 Å². The number of ether oxygens (including phenoxy) is 1. The molecule has 0 aliphatic rings. The maximum Gasteiger partial charge on any atom is 0.119 e. The smallest absolute Gasteiger partial charge is 0.119 e. The number of benzene rings is 2. The van der Waals surface area contributed by atoms with Crippen molar-refractivity contribution in [3.8, 4) is 5.75 Å². The fourth-order valence-electron chi connectivity index (χ4n) is 1.98. The highest BCUT2D eigenvalue weighted by atomic mass is 35.5. The van der Waals surface area contributed by atoms with Gasteiger partial charge in [-0.2, -0.15) is 0 Å². The first-order valence-electron chi connectivity index (χ1n) is 6.34. The minimum absolute atomic E-state index is 0.538. The average Bonchev–Trinajstić information content (AvgIpc) is 2.39. The van der Waals surface area contributed by atoms with Crippen LogP contribution in [0.25, 0.3) is 0 Å². The van der Waals surface area contributed by atoms with Crippen molar-refractivity contribution in [2.45, 2.75) is 19.4 Å². The third-order valence-corrected chi connectivity index (χ3v) is 3.11. The second kappa shape index (κ2) is 6.60. The fourth-order valence-corrected chi connectivity index (χ4v) is 2.20. The summed E-state index contributed by atoms with van der Waals surface area (Å²) in [5.41, 5.74) is 1.87. The van der Waals surface area contributed by atoms with Gasteiger partial charge in [-0.3, -0.25) is 0 Å². The predicted octanol–water partition coefficient (Wildman–Crippen LogP) is 4.01. The van der Waals surface area contributed by atoms with Crippen molar-refractivity contribution in [1.29, 1.82) is 0 Å². The molecule has 19 heavy (non-hydrogen) atoms. The zero-order chi connectivity index (χ0) is 13.7. The monoisotopic (exact) mass is 276 g/mol. The highest BCUT2D eigenvalue weighted by Crippen LogP contribution is 2.23. The van der Waals surface area contributed by atoms with Gasteiger partial charge >= 0.3 is 0 Å². The van der Waals surface area contributed by atoms with Gasteiger partial charge in [-0.15, -0.1) is 0 Å². The summed E-state index contributed by atoms with van der Waals surface area (Å²) in [5.74, 6) is 0.783. The van der Waals surface area contributed by atoms with Gasteiger partial charge in [-0.25, -0.2) is 0 Å². The second-order valence-corrected chi connectivity index (χ2v) is 4.79. The first-order valence-corrected chi connectivity index (χ1v) is 6.72. The van der Waals surface area contributed by atoms with Crippen molar-refractivity contribution in [3.63, 3.8) is 0 Å². The Morgan fingerprint density at radius 1 is 1.16 bits per heavy atom. The van der Waals surface area contributed by atoms with Crippen LogP contribution in [0.1, 0.15) is 24.2 Å². The van der Waals surface area contributed by atoms with E-state index in [1.54, 1.807) is 0 Å². The number of hydrogen-bond donors (Lipinski definition) is 1. The minimum Gasteiger partial charge on any atom is -0.494 e. The molecule has 0 radical (unpaired) electrons. The van der Waals surface area contributed by atoms with Crippen LogP contribution in [0, 0.1) is 0 Å². The Kier molecular flexibility index (Phi) is 4.83. The van der Waals surface area contributed by atoms with E-state index in [1.807, 2.05) is 55.5 Å². The molecular formula is C16H17ClO2. The molecule has 3 heteroatoms. The van der Waals surface area contributed by atoms with Gasteiger partial charge < -0.3 is 9.84 Å². The van der Waals surface area contributed by atoms with Crippen LogP contribution in [0.2, 0.25) is 5.02 Å². The van der Waals surface area contributed by atoms with Crippen LogP contribution in [-0.2, 0) is 6.42 Å². The summed E-state index contributed by atoms with van der Waals surface area (Å²) in [6.45, 7) is 2.56. The molecule has 0 aliphatic heterocycles. The number of aliphatic hydroxyl groups excluding tert-OH is 1. The molecule has 0 fully saturated rings. The Morgan fingerprint density at radius 3 is 2.68 bits per heavy atom. The molecule has 1 atom stereocenters. The van der Waals surface area contributed by atoms with Gasteiger partial charge in [-0.1, -0.05) is 35.9 Å². The SMILES string of the molecule is CCOc1cccc(C(O)Cc2cccc(Cl)c2)c1. The normalized spacial score (nSPS) is 12.2. The van der Waals surface area contributed by atoms with Gasteiger partial charge in [-0.05, 0) is 42.3 Å². The second-order valence-electron chi connectivity index (χ2n) is 4.36. The van der Waals surface area contributed by atoms with Crippen LogP contribution >= 0.6 is 11.6 Å². The molecule has 0 saturated carbocycles. The largest absolute Gasteiger partial charge is 0.494 e. The van der Waals surface area contributed by atoms with E-state index in [-0.39, 0.29) is 0 Å². The van der Waals surface area contributed by atoms with Crippen LogP contribution in [0.3, 0.4) is 0 Å². The molecule has 0 heterocycles. The topological polar surface area (TPSA) is 29.5 Å². The van der Waals surface area contributed by atoms with Crippen molar-refractivity contribution in [2.24, 2.45) is 0 Å². The molecule has 1 N–H and O–H groups in total. The lowest BCUT2D eigenvalue weighted by Gasteiger charge is -2.13. The first kappa shape index (κ1) is 13.9. The van der Waals surface area contributed by atoms with E-state index < -0.39 is 6.10 Å². The molecule has 2 aromatic rings. The quantitative estimate of drug-likeness (QED) is 0.894. The van der Waals surface area contributed by atoms with E-state index in [1.165, 1.54) is 0 Å². The first-order chi connectivity index (χ1) is 9.19. The summed E-state index contributed by atoms with van der Waals surface area (Å²) in [6, 6.07) is 15.1. The molecule has 0 bridgehead atoms.